The highest BCUT2D eigenvalue weighted by molar-refractivity contribution is 7.80. The van der Waals surface area contributed by atoms with Gasteiger partial charge < -0.3 is 20.1 Å². The van der Waals surface area contributed by atoms with Gasteiger partial charge in [0.05, 0.1) is 13.7 Å². The summed E-state index contributed by atoms with van der Waals surface area (Å²) in [6.45, 7) is 7.77. The van der Waals surface area contributed by atoms with Crippen LogP contribution in [0.25, 0.3) is 0 Å². The van der Waals surface area contributed by atoms with Crippen molar-refractivity contribution < 1.29 is 9.47 Å². The van der Waals surface area contributed by atoms with Crippen LogP contribution in [0, 0.1) is 0 Å². The Kier molecular flexibility index (Phi) is 8.28. The van der Waals surface area contributed by atoms with Crippen LogP contribution < -0.4 is 20.1 Å². The number of unbranched alkanes of at least 4 members (excludes halogenated alkanes) is 1. The molecule has 0 saturated carbocycles. The second-order valence-electron chi connectivity index (χ2n) is 4.54. The molecule has 0 bridgehead atoms. The lowest BCUT2D eigenvalue weighted by molar-refractivity contribution is 0.288. The smallest absolute Gasteiger partial charge is 0.166 e. The van der Waals surface area contributed by atoms with Gasteiger partial charge in [-0.25, -0.2) is 0 Å². The normalized spacial score (nSPS) is 9.81. The van der Waals surface area contributed by atoms with Gasteiger partial charge in [0, 0.05) is 13.1 Å². The topological polar surface area (TPSA) is 42.5 Å². The number of hydrogen-bond acceptors (Lipinski definition) is 3. The molecule has 116 valence electrons. The predicted molar refractivity (Wildman–Crippen MR) is 91.0 cm³/mol. The van der Waals surface area contributed by atoms with Crippen molar-refractivity contribution in [2.24, 2.45) is 0 Å². The minimum atomic E-state index is 0.608. The molecule has 0 saturated heterocycles. The third-order valence-electron chi connectivity index (χ3n) is 2.84. The fourth-order valence-electron chi connectivity index (χ4n) is 1.68. The van der Waals surface area contributed by atoms with E-state index in [1.165, 1.54) is 0 Å². The first kappa shape index (κ1) is 17.3. The van der Waals surface area contributed by atoms with Gasteiger partial charge in [0.15, 0.2) is 16.6 Å². The van der Waals surface area contributed by atoms with Gasteiger partial charge in [0.2, 0.25) is 0 Å². The van der Waals surface area contributed by atoms with E-state index in [-0.39, 0.29) is 0 Å². The van der Waals surface area contributed by atoms with Crippen LogP contribution >= 0.6 is 12.2 Å². The molecule has 0 aromatic heterocycles. The number of rotatable bonds is 9. The van der Waals surface area contributed by atoms with Crippen LogP contribution in [-0.2, 0) is 6.54 Å². The summed E-state index contributed by atoms with van der Waals surface area (Å²) in [7, 11) is 1.65. The number of methoxy groups -OCH3 is 1. The van der Waals surface area contributed by atoms with E-state index < -0.39 is 0 Å². The van der Waals surface area contributed by atoms with Crippen molar-refractivity contribution in [1.82, 2.24) is 10.6 Å². The molecular formula is C16H24N2O2S. The first-order chi connectivity index (χ1) is 10.2. The fourth-order valence-corrected chi connectivity index (χ4v) is 1.83. The van der Waals surface area contributed by atoms with E-state index in [0.29, 0.717) is 24.8 Å². The lowest BCUT2D eigenvalue weighted by Crippen LogP contribution is -2.34. The van der Waals surface area contributed by atoms with E-state index in [9.17, 15) is 0 Å². The van der Waals surface area contributed by atoms with E-state index in [2.05, 4.69) is 24.1 Å². The largest absolute Gasteiger partial charge is 0.493 e. The summed E-state index contributed by atoms with van der Waals surface area (Å²) >= 11 is 5.15. The van der Waals surface area contributed by atoms with E-state index in [0.717, 1.165) is 29.9 Å². The third-order valence-corrected chi connectivity index (χ3v) is 3.13. The van der Waals surface area contributed by atoms with Gasteiger partial charge in [-0.15, -0.1) is 6.58 Å². The zero-order chi connectivity index (χ0) is 15.5. The zero-order valence-corrected chi connectivity index (χ0v) is 13.6. The van der Waals surface area contributed by atoms with Gasteiger partial charge in [-0.3, -0.25) is 0 Å². The molecule has 1 aromatic rings. The molecule has 0 aliphatic rings. The number of benzene rings is 1. The molecule has 4 nitrogen and oxygen atoms in total. The lowest BCUT2D eigenvalue weighted by Gasteiger charge is -2.13. The highest BCUT2D eigenvalue weighted by atomic mass is 32.1. The Labute approximate surface area is 132 Å². The monoisotopic (exact) mass is 308 g/mol. The Morgan fingerprint density at radius 2 is 2.14 bits per heavy atom. The SMILES string of the molecule is C=CCNC(=S)NCc1ccc(OCCCC)c(OC)c1. The Balaban J connectivity index is 2.56. The summed E-state index contributed by atoms with van der Waals surface area (Å²) in [4.78, 5) is 0. The first-order valence-electron chi connectivity index (χ1n) is 7.13. The molecule has 0 spiro atoms. The van der Waals surface area contributed by atoms with Crippen molar-refractivity contribution in [3.63, 3.8) is 0 Å². The molecule has 0 heterocycles. The number of hydrogen-bond donors (Lipinski definition) is 2. The van der Waals surface area contributed by atoms with E-state index in [4.69, 9.17) is 21.7 Å². The zero-order valence-electron chi connectivity index (χ0n) is 12.8. The molecule has 1 rings (SSSR count). The van der Waals surface area contributed by atoms with Crippen LogP contribution in [0.4, 0.5) is 0 Å². The minimum Gasteiger partial charge on any atom is -0.493 e. The molecule has 0 unspecified atom stereocenters. The summed E-state index contributed by atoms with van der Waals surface area (Å²) in [5.41, 5.74) is 1.08. The fraction of sp³-hybridized carbons (Fsp3) is 0.438. The van der Waals surface area contributed by atoms with Gasteiger partial charge in [0.1, 0.15) is 0 Å². The van der Waals surface area contributed by atoms with E-state index in [1.54, 1.807) is 13.2 Å². The van der Waals surface area contributed by atoms with Crippen molar-refractivity contribution >= 4 is 17.3 Å². The van der Waals surface area contributed by atoms with Crippen molar-refractivity contribution in [2.45, 2.75) is 26.3 Å². The highest BCUT2D eigenvalue weighted by Crippen LogP contribution is 2.28. The van der Waals surface area contributed by atoms with Crippen molar-refractivity contribution in [3.8, 4) is 11.5 Å². The standard InChI is InChI=1S/C16H24N2O2S/c1-4-6-10-20-14-8-7-13(11-15(14)19-3)12-18-16(21)17-9-5-2/h5,7-8,11H,2,4,6,9-10,12H2,1,3H3,(H2,17,18,21). The van der Waals surface area contributed by atoms with Crippen molar-refractivity contribution in [2.75, 3.05) is 20.3 Å². The van der Waals surface area contributed by atoms with E-state index >= 15 is 0 Å². The quantitative estimate of drug-likeness (QED) is 0.417. The van der Waals surface area contributed by atoms with Crippen LogP contribution in [0.1, 0.15) is 25.3 Å². The van der Waals surface area contributed by atoms with Crippen LogP contribution in [0.15, 0.2) is 30.9 Å². The van der Waals surface area contributed by atoms with Gasteiger partial charge in [-0.1, -0.05) is 25.5 Å². The van der Waals surface area contributed by atoms with E-state index in [1.807, 2.05) is 18.2 Å². The first-order valence-corrected chi connectivity index (χ1v) is 7.54. The van der Waals surface area contributed by atoms with Gasteiger partial charge >= 0.3 is 0 Å². The predicted octanol–water partition coefficient (Wildman–Crippen LogP) is 3.02. The van der Waals surface area contributed by atoms with Crippen molar-refractivity contribution in [1.29, 1.82) is 0 Å². The van der Waals surface area contributed by atoms with Gasteiger partial charge in [0.25, 0.3) is 0 Å². The van der Waals surface area contributed by atoms with Gasteiger partial charge in [-0.05, 0) is 36.3 Å². The lowest BCUT2D eigenvalue weighted by atomic mass is 10.2. The molecule has 0 radical (unpaired) electrons. The molecular weight excluding hydrogens is 284 g/mol. The Morgan fingerprint density at radius 3 is 2.81 bits per heavy atom. The molecule has 2 N–H and O–H groups in total. The Hall–Kier alpha value is -1.75. The maximum Gasteiger partial charge on any atom is 0.166 e. The summed E-state index contributed by atoms with van der Waals surface area (Å²) in [5, 5.41) is 6.76. The van der Waals surface area contributed by atoms with Crippen molar-refractivity contribution in [3.05, 3.63) is 36.4 Å². The van der Waals surface area contributed by atoms with Crippen LogP contribution in [0.5, 0.6) is 11.5 Å². The Morgan fingerprint density at radius 1 is 1.33 bits per heavy atom. The highest BCUT2D eigenvalue weighted by Gasteiger charge is 2.06. The number of thiocarbonyl (C=S) groups is 1. The second-order valence-corrected chi connectivity index (χ2v) is 4.95. The Bertz CT molecular complexity index is 464. The summed E-state index contributed by atoms with van der Waals surface area (Å²) in [6.07, 6.45) is 3.91. The second kappa shape index (κ2) is 10.0. The molecule has 0 aliphatic carbocycles. The molecule has 5 heteroatoms. The summed E-state index contributed by atoms with van der Waals surface area (Å²) in [6, 6.07) is 5.91. The average Bonchev–Trinajstić information content (AvgIpc) is 2.51. The molecule has 0 atom stereocenters. The number of ether oxygens (including phenoxy) is 2. The number of nitrogens with one attached hydrogen (secondary N) is 2. The molecule has 0 fully saturated rings. The molecule has 21 heavy (non-hydrogen) atoms. The van der Waals surface area contributed by atoms with Crippen LogP contribution in [-0.4, -0.2) is 25.4 Å². The molecule has 0 aliphatic heterocycles. The maximum absolute atomic E-state index is 5.71. The maximum atomic E-state index is 5.71. The summed E-state index contributed by atoms with van der Waals surface area (Å²) < 4.78 is 11.1. The van der Waals surface area contributed by atoms with Crippen LogP contribution in [0.2, 0.25) is 0 Å². The minimum absolute atomic E-state index is 0.608. The molecule has 1 aromatic carbocycles. The summed E-state index contributed by atoms with van der Waals surface area (Å²) in [5.74, 6) is 1.53. The van der Waals surface area contributed by atoms with Crippen LogP contribution in [0.3, 0.4) is 0 Å². The molecule has 0 amide bonds. The third kappa shape index (κ3) is 6.49. The van der Waals surface area contributed by atoms with Gasteiger partial charge in [-0.2, -0.15) is 0 Å². The average molecular weight is 308 g/mol.